The Morgan fingerprint density at radius 2 is 1.88 bits per heavy atom. The maximum Gasteiger partial charge on any atom is 0.434 e. The summed E-state index contributed by atoms with van der Waals surface area (Å²) in [5, 5.41) is 0. The largest absolute Gasteiger partial charge is 0.434 e. The van der Waals surface area contributed by atoms with E-state index in [-0.39, 0.29) is 33.9 Å². The van der Waals surface area contributed by atoms with Crippen molar-refractivity contribution in [3.8, 4) is 22.8 Å². The third-order valence-corrected chi connectivity index (χ3v) is 7.71. The number of carbonyl (C=O) groups excluding carboxylic acids is 1. The van der Waals surface area contributed by atoms with E-state index in [0.717, 1.165) is 45.0 Å². The number of imidazole rings is 1. The van der Waals surface area contributed by atoms with E-state index in [1.54, 1.807) is 18.2 Å². The molecule has 5 rings (SSSR count). The van der Waals surface area contributed by atoms with Crippen LogP contribution in [0.1, 0.15) is 52.9 Å². The average Bonchev–Trinajstić information content (AvgIpc) is 3.36. The molecule has 1 aliphatic heterocycles. The first-order valence-electron chi connectivity index (χ1n) is 13.2. The molecular formula is C29H30F4N6O. The molecule has 4 aromatic rings. The summed E-state index contributed by atoms with van der Waals surface area (Å²) in [5.74, 6) is -0.883. The lowest BCUT2D eigenvalue weighted by Crippen LogP contribution is -2.30. The lowest BCUT2D eigenvalue weighted by atomic mass is 9.89. The molecule has 1 fully saturated rings. The molecule has 2 aromatic carbocycles. The highest BCUT2D eigenvalue weighted by atomic mass is 19.4. The Hall–Kier alpha value is -3.86. The molecule has 1 aliphatic rings. The van der Waals surface area contributed by atoms with Gasteiger partial charge in [0.15, 0.2) is 11.5 Å². The number of hydrogen-bond acceptors (Lipinski definition) is 5. The van der Waals surface area contributed by atoms with E-state index in [0.29, 0.717) is 29.0 Å². The van der Waals surface area contributed by atoms with Crippen LogP contribution in [0.15, 0.2) is 36.5 Å². The van der Waals surface area contributed by atoms with Crippen molar-refractivity contribution in [1.29, 1.82) is 0 Å². The van der Waals surface area contributed by atoms with Gasteiger partial charge in [-0.05, 0) is 82.4 Å². The Morgan fingerprint density at radius 3 is 2.58 bits per heavy atom. The predicted octanol–water partition coefficient (Wildman–Crippen LogP) is 5.92. The van der Waals surface area contributed by atoms with Crippen LogP contribution in [0.3, 0.4) is 0 Å². The summed E-state index contributed by atoms with van der Waals surface area (Å²) in [6.07, 6.45) is 0.574. The lowest BCUT2D eigenvalue weighted by molar-refractivity contribution is -0.140. The number of carbonyl (C=O) groups is 1. The summed E-state index contributed by atoms with van der Waals surface area (Å²) in [4.78, 5) is 29.8. The van der Waals surface area contributed by atoms with Crippen LogP contribution in [0, 0.1) is 18.7 Å². The third kappa shape index (κ3) is 5.56. The first kappa shape index (κ1) is 27.7. The summed E-state index contributed by atoms with van der Waals surface area (Å²) in [6.45, 7) is 3.58. The topological polar surface area (TPSA) is 101 Å². The second-order valence-electron chi connectivity index (χ2n) is 10.4. The Kier molecular flexibility index (Phi) is 7.59. The molecule has 7 nitrogen and oxygen atoms in total. The number of primary amides is 1. The number of nitrogens with two attached hydrogens (primary N) is 1. The molecule has 0 spiro atoms. The summed E-state index contributed by atoms with van der Waals surface area (Å²) in [5.41, 5.74) is 6.07. The smallest absolute Gasteiger partial charge is 0.366 e. The van der Waals surface area contributed by atoms with Gasteiger partial charge >= 0.3 is 6.18 Å². The van der Waals surface area contributed by atoms with Gasteiger partial charge in [0.1, 0.15) is 11.6 Å². The van der Waals surface area contributed by atoms with E-state index in [4.69, 9.17) is 5.73 Å². The maximum absolute atomic E-state index is 14.3. The van der Waals surface area contributed by atoms with Gasteiger partial charge in [-0.25, -0.2) is 19.3 Å². The van der Waals surface area contributed by atoms with Crippen LogP contribution in [0.2, 0.25) is 0 Å². The highest BCUT2D eigenvalue weighted by molar-refractivity contribution is 5.96. The first-order chi connectivity index (χ1) is 19.0. The molecule has 3 heterocycles. The van der Waals surface area contributed by atoms with Crippen LogP contribution >= 0.6 is 0 Å². The summed E-state index contributed by atoms with van der Waals surface area (Å²) >= 11 is 0. The molecule has 0 saturated carbocycles. The number of aromatic nitrogens is 4. The van der Waals surface area contributed by atoms with Crippen LogP contribution in [-0.2, 0) is 12.6 Å². The molecule has 0 aliphatic carbocycles. The van der Waals surface area contributed by atoms with E-state index in [1.165, 1.54) is 19.1 Å². The number of nitrogens with one attached hydrogen (secondary N) is 1. The molecule has 210 valence electrons. The molecule has 0 bridgehead atoms. The number of halogens is 4. The van der Waals surface area contributed by atoms with Gasteiger partial charge in [0.2, 0.25) is 5.91 Å². The number of piperidine rings is 1. The minimum absolute atomic E-state index is 0.119. The van der Waals surface area contributed by atoms with Gasteiger partial charge in [0.05, 0.1) is 16.6 Å². The van der Waals surface area contributed by atoms with Crippen molar-refractivity contribution in [2.45, 2.75) is 45.2 Å². The van der Waals surface area contributed by atoms with Gasteiger partial charge in [-0.3, -0.25) is 4.79 Å². The monoisotopic (exact) mass is 554 g/mol. The van der Waals surface area contributed by atoms with Crippen LogP contribution in [0.4, 0.5) is 17.6 Å². The second-order valence-corrected chi connectivity index (χ2v) is 10.4. The number of fused-ring (bicyclic) bond motifs is 1. The Morgan fingerprint density at radius 1 is 1.12 bits per heavy atom. The summed E-state index contributed by atoms with van der Waals surface area (Å²) < 4.78 is 56.9. The van der Waals surface area contributed by atoms with Crippen molar-refractivity contribution in [3.63, 3.8) is 0 Å². The number of likely N-dealkylation sites (tertiary alicyclic amines) is 1. The van der Waals surface area contributed by atoms with Crippen LogP contribution < -0.4 is 5.73 Å². The van der Waals surface area contributed by atoms with Crippen molar-refractivity contribution >= 4 is 16.9 Å². The number of amides is 1. The number of hydrogen-bond donors (Lipinski definition) is 2. The van der Waals surface area contributed by atoms with Crippen LogP contribution in [0.25, 0.3) is 33.8 Å². The van der Waals surface area contributed by atoms with E-state index in [2.05, 4.69) is 31.9 Å². The van der Waals surface area contributed by atoms with Gasteiger partial charge in [-0.2, -0.15) is 13.2 Å². The maximum atomic E-state index is 14.3. The van der Waals surface area contributed by atoms with Gasteiger partial charge in [0, 0.05) is 22.9 Å². The quantitative estimate of drug-likeness (QED) is 0.277. The van der Waals surface area contributed by atoms with E-state index in [1.807, 2.05) is 0 Å². The molecule has 0 atom stereocenters. The zero-order valence-corrected chi connectivity index (χ0v) is 22.3. The number of rotatable bonds is 7. The van der Waals surface area contributed by atoms with Crippen molar-refractivity contribution in [2.75, 3.05) is 20.1 Å². The first-order valence-corrected chi connectivity index (χ1v) is 13.2. The fourth-order valence-corrected chi connectivity index (χ4v) is 5.43. The molecule has 40 heavy (non-hydrogen) atoms. The van der Waals surface area contributed by atoms with Crippen molar-refractivity contribution in [2.24, 2.45) is 11.7 Å². The normalized spacial score (nSPS) is 15.2. The fourth-order valence-electron chi connectivity index (χ4n) is 5.43. The van der Waals surface area contributed by atoms with Gasteiger partial charge in [-0.1, -0.05) is 18.6 Å². The number of aromatic amines is 1. The SMILES string of the molecule is Cc1c(F)ccc2[nH]c(-c3cnc(-c4cccc(C(N)=O)c4CCCC4CCN(C)CC4)nc3C(F)(F)F)nc12. The number of alkyl halides is 3. The van der Waals surface area contributed by atoms with Gasteiger partial charge < -0.3 is 15.6 Å². The van der Waals surface area contributed by atoms with E-state index >= 15 is 0 Å². The molecule has 1 saturated heterocycles. The average molecular weight is 555 g/mol. The molecule has 0 unspecified atom stereocenters. The highest BCUT2D eigenvalue weighted by Gasteiger charge is 2.38. The van der Waals surface area contributed by atoms with Crippen molar-refractivity contribution in [1.82, 2.24) is 24.8 Å². The zero-order chi connectivity index (χ0) is 28.6. The Bertz CT molecular complexity index is 1560. The molecule has 0 radical (unpaired) electrons. The van der Waals surface area contributed by atoms with Gasteiger partial charge in [0.25, 0.3) is 0 Å². The summed E-state index contributed by atoms with van der Waals surface area (Å²) in [6, 6.07) is 7.40. The fraction of sp³-hybridized carbons (Fsp3) is 0.379. The van der Waals surface area contributed by atoms with Crippen LogP contribution in [0.5, 0.6) is 0 Å². The molecule has 2 aromatic heterocycles. The predicted molar refractivity (Wildman–Crippen MR) is 144 cm³/mol. The molecule has 3 N–H and O–H groups in total. The van der Waals surface area contributed by atoms with E-state index in [9.17, 15) is 22.4 Å². The standard InChI is InChI=1S/C29H30F4N6O/c1-16-22(30)9-10-23-24(16)37-28(36-23)21-15-35-27(38-25(21)29(31,32)33)20-8-4-7-19(26(34)40)18(20)6-3-5-17-11-13-39(2)14-12-17/h4,7-10,15,17H,3,5-6,11-14H2,1-2H3,(H2,34,40)(H,36,37). The minimum atomic E-state index is -4.83. The molecule has 1 amide bonds. The van der Waals surface area contributed by atoms with Crippen molar-refractivity contribution in [3.05, 3.63) is 64.7 Å². The number of benzene rings is 2. The Labute approximate surface area is 228 Å². The van der Waals surface area contributed by atoms with Gasteiger partial charge in [-0.15, -0.1) is 0 Å². The third-order valence-electron chi connectivity index (χ3n) is 7.71. The number of nitrogens with zero attached hydrogens (tertiary/aromatic N) is 4. The minimum Gasteiger partial charge on any atom is -0.366 e. The Balaban J connectivity index is 1.52. The van der Waals surface area contributed by atoms with Crippen LogP contribution in [-0.4, -0.2) is 50.9 Å². The van der Waals surface area contributed by atoms with E-state index < -0.39 is 23.6 Å². The summed E-state index contributed by atoms with van der Waals surface area (Å²) in [7, 11) is 2.10. The lowest BCUT2D eigenvalue weighted by Gasteiger charge is -2.29. The molecule has 11 heteroatoms. The second kappa shape index (κ2) is 11.0. The molecular weight excluding hydrogens is 524 g/mol. The number of H-pyrrole nitrogens is 1. The zero-order valence-electron chi connectivity index (χ0n) is 22.3. The van der Waals surface area contributed by atoms with Crippen molar-refractivity contribution < 1.29 is 22.4 Å². The highest BCUT2D eigenvalue weighted by Crippen LogP contribution is 2.37. The number of aryl methyl sites for hydroxylation is 1.